The van der Waals surface area contributed by atoms with Gasteiger partial charge >= 0.3 is 0 Å². The number of non-ortho nitro benzene ring substituents is 1. The molecule has 15 heavy (non-hydrogen) atoms. The van der Waals surface area contributed by atoms with Gasteiger partial charge in [0, 0.05) is 12.1 Å². The highest BCUT2D eigenvalue weighted by atomic mass is 16.6. The highest BCUT2D eigenvalue weighted by Crippen LogP contribution is 2.19. The molecule has 1 aromatic rings. The van der Waals surface area contributed by atoms with Crippen LogP contribution < -0.4 is 0 Å². The number of benzene rings is 1. The van der Waals surface area contributed by atoms with Crippen molar-refractivity contribution in [3.63, 3.8) is 0 Å². The molecule has 0 aliphatic heterocycles. The van der Waals surface area contributed by atoms with E-state index in [0.717, 1.165) is 0 Å². The lowest BCUT2D eigenvalue weighted by Crippen LogP contribution is -2.06. The van der Waals surface area contributed by atoms with Gasteiger partial charge in [-0.1, -0.05) is 12.1 Å². The third-order valence-electron chi connectivity index (χ3n) is 1.97. The summed E-state index contributed by atoms with van der Waals surface area (Å²) in [6.07, 6.45) is 0. The maximum absolute atomic E-state index is 11.0. The number of carbonyl (C=O) groups is 1. The molecule has 1 atom stereocenters. The molecule has 0 heterocycles. The number of nitriles is 1. The second-order valence-corrected chi connectivity index (χ2v) is 3.02. The van der Waals surface area contributed by atoms with Gasteiger partial charge in [-0.25, -0.2) is 0 Å². The number of nitrogens with zero attached hydrogens (tertiary/aromatic N) is 2. The third-order valence-corrected chi connectivity index (χ3v) is 1.97. The standard InChI is InChI=1S/C10H8N2O3/c1-7(13)10(6-11)8-2-4-9(5-3-8)12(14)15/h2-5,10H,1H3/t10-/m0/s1. The van der Waals surface area contributed by atoms with E-state index in [4.69, 9.17) is 5.26 Å². The van der Waals surface area contributed by atoms with E-state index in [0.29, 0.717) is 5.56 Å². The Bertz CT molecular complexity index is 431. The highest BCUT2D eigenvalue weighted by Gasteiger charge is 2.16. The van der Waals surface area contributed by atoms with Crippen LogP contribution in [0.1, 0.15) is 18.4 Å². The first-order valence-corrected chi connectivity index (χ1v) is 4.20. The Morgan fingerprint density at radius 3 is 2.33 bits per heavy atom. The molecule has 0 fully saturated rings. The van der Waals surface area contributed by atoms with E-state index in [9.17, 15) is 14.9 Å². The lowest BCUT2D eigenvalue weighted by Gasteiger charge is -2.03. The van der Waals surface area contributed by atoms with E-state index in [1.807, 2.05) is 6.07 Å². The van der Waals surface area contributed by atoms with Gasteiger partial charge in [0.25, 0.3) is 5.69 Å². The number of rotatable bonds is 3. The van der Waals surface area contributed by atoms with Gasteiger partial charge < -0.3 is 0 Å². The fourth-order valence-electron chi connectivity index (χ4n) is 1.19. The van der Waals surface area contributed by atoms with E-state index in [2.05, 4.69) is 0 Å². The van der Waals surface area contributed by atoms with Gasteiger partial charge in [0.05, 0.1) is 11.0 Å². The van der Waals surface area contributed by atoms with Crippen molar-refractivity contribution in [2.75, 3.05) is 0 Å². The number of hydrogen-bond acceptors (Lipinski definition) is 4. The summed E-state index contributed by atoms with van der Waals surface area (Å²) in [5, 5.41) is 19.1. The quantitative estimate of drug-likeness (QED) is 0.555. The summed E-state index contributed by atoms with van der Waals surface area (Å²) in [6.45, 7) is 1.31. The van der Waals surface area contributed by atoms with Gasteiger partial charge in [-0.15, -0.1) is 0 Å². The molecule has 0 saturated carbocycles. The van der Waals surface area contributed by atoms with Crippen molar-refractivity contribution in [1.29, 1.82) is 5.26 Å². The predicted octanol–water partition coefficient (Wildman–Crippen LogP) is 1.79. The molecule has 0 N–H and O–H groups in total. The maximum Gasteiger partial charge on any atom is 0.269 e. The Morgan fingerprint density at radius 2 is 2.00 bits per heavy atom. The normalized spacial score (nSPS) is 11.5. The van der Waals surface area contributed by atoms with E-state index in [-0.39, 0.29) is 11.5 Å². The van der Waals surface area contributed by atoms with E-state index < -0.39 is 10.8 Å². The van der Waals surface area contributed by atoms with Gasteiger partial charge in [0.15, 0.2) is 5.78 Å². The van der Waals surface area contributed by atoms with Crippen molar-refractivity contribution >= 4 is 11.5 Å². The van der Waals surface area contributed by atoms with Crippen LogP contribution in [0.15, 0.2) is 24.3 Å². The van der Waals surface area contributed by atoms with Crippen LogP contribution in [0.4, 0.5) is 5.69 Å². The van der Waals surface area contributed by atoms with Crippen LogP contribution in [0, 0.1) is 21.4 Å². The molecule has 5 heteroatoms. The van der Waals surface area contributed by atoms with Crippen LogP contribution in [-0.2, 0) is 4.79 Å². The van der Waals surface area contributed by atoms with Crippen LogP contribution in [0.2, 0.25) is 0 Å². The summed E-state index contributed by atoms with van der Waals surface area (Å²) in [4.78, 5) is 20.9. The van der Waals surface area contributed by atoms with Crippen molar-refractivity contribution in [2.45, 2.75) is 12.8 Å². The van der Waals surface area contributed by atoms with Crippen molar-refractivity contribution < 1.29 is 9.72 Å². The minimum atomic E-state index is -0.842. The van der Waals surface area contributed by atoms with Gasteiger partial charge in [-0.05, 0) is 12.5 Å². The minimum Gasteiger partial charge on any atom is -0.298 e. The average molecular weight is 204 g/mol. The van der Waals surface area contributed by atoms with Crippen LogP contribution in [0.5, 0.6) is 0 Å². The van der Waals surface area contributed by atoms with Crippen LogP contribution in [0.25, 0.3) is 0 Å². The predicted molar refractivity (Wildman–Crippen MR) is 52.1 cm³/mol. The molecular formula is C10H8N2O3. The molecule has 1 aromatic carbocycles. The molecule has 1 rings (SSSR count). The van der Waals surface area contributed by atoms with Crippen molar-refractivity contribution in [3.05, 3.63) is 39.9 Å². The maximum atomic E-state index is 11.0. The lowest BCUT2D eigenvalue weighted by atomic mass is 9.97. The molecule has 0 amide bonds. The minimum absolute atomic E-state index is 0.0565. The molecule has 0 radical (unpaired) electrons. The lowest BCUT2D eigenvalue weighted by molar-refractivity contribution is -0.384. The highest BCUT2D eigenvalue weighted by molar-refractivity contribution is 5.86. The molecule has 0 unspecified atom stereocenters. The van der Waals surface area contributed by atoms with Crippen LogP contribution in [-0.4, -0.2) is 10.7 Å². The van der Waals surface area contributed by atoms with E-state index in [1.54, 1.807) is 0 Å². The number of nitro benzene ring substituents is 1. The zero-order valence-corrected chi connectivity index (χ0v) is 8.01. The molecular weight excluding hydrogens is 196 g/mol. The van der Waals surface area contributed by atoms with Crippen molar-refractivity contribution in [2.24, 2.45) is 0 Å². The SMILES string of the molecule is CC(=O)[C@H](C#N)c1ccc([N+](=O)[O-])cc1. The first-order valence-electron chi connectivity index (χ1n) is 4.20. The summed E-state index contributed by atoms with van der Waals surface area (Å²) in [6, 6.07) is 7.26. The number of hydrogen-bond donors (Lipinski definition) is 0. The molecule has 0 bridgehead atoms. The summed E-state index contributed by atoms with van der Waals surface area (Å²) >= 11 is 0. The molecule has 0 aliphatic carbocycles. The summed E-state index contributed by atoms with van der Waals surface area (Å²) in [5.74, 6) is -1.11. The second-order valence-electron chi connectivity index (χ2n) is 3.02. The van der Waals surface area contributed by atoms with E-state index in [1.165, 1.54) is 31.2 Å². The van der Waals surface area contributed by atoms with E-state index >= 15 is 0 Å². The number of ketones is 1. The third kappa shape index (κ3) is 2.38. The van der Waals surface area contributed by atoms with Gasteiger partial charge in [-0.2, -0.15) is 5.26 Å². The zero-order chi connectivity index (χ0) is 11.4. The smallest absolute Gasteiger partial charge is 0.269 e. The number of Topliss-reactive ketones (excluding diaryl/α,β-unsaturated/α-hetero) is 1. The van der Waals surface area contributed by atoms with Crippen molar-refractivity contribution in [3.8, 4) is 6.07 Å². The molecule has 0 spiro atoms. The largest absolute Gasteiger partial charge is 0.298 e. The molecule has 0 saturated heterocycles. The van der Waals surface area contributed by atoms with Gasteiger partial charge in [0.2, 0.25) is 0 Å². The fraction of sp³-hybridized carbons (Fsp3) is 0.200. The zero-order valence-electron chi connectivity index (χ0n) is 8.01. The van der Waals surface area contributed by atoms with Gasteiger partial charge in [0.1, 0.15) is 5.92 Å². The second kappa shape index (κ2) is 4.33. The average Bonchev–Trinajstić information content (AvgIpc) is 2.19. The summed E-state index contributed by atoms with van der Waals surface area (Å²) in [7, 11) is 0. The summed E-state index contributed by atoms with van der Waals surface area (Å²) in [5.41, 5.74) is 0.426. The first-order chi connectivity index (χ1) is 7.06. The molecule has 76 valence electrons. The molecule has 0 aromatic heterocycles. The Labute approximate surface area is 86.1 Å². The topological polar surface area (TPSA) is 84.0 Å². The van der Waals surface area contributed by atoms with Crippen molar-refractivity contribution in [1.82, 2.24) is 0 Å². The molecule has 5 nitrogen and oxygen atoms in total. The molecule has 0 aliphatic rings. The van der Waals surface area contributed by atoms with Crippen LogP contribution >= 0.6 is 0 Å². The van der Waals surface area contributed by atoms with Crippen LogP contribution in [0.3, 0.4) is 0 Å². The fourth-order valence-corrected chi connectivity index (χ4v) is 1.19. The number of nitro groups is 1. The van der Waals surface area contributed by atoms with Gasteiger partial charge in [-0.3, -0.25) is 14.9 Å². The Kier molecular flexibility index (Phi) is 3.13. The number of carbonyl (C=O) groups excluding carboxylic acids is 1. The Balaban J connectivity index is 3.03. The summed E-state index contributed by atoms with van der Waals surface area (Å²) < 4.78 is 0. The Morgan fingerprint density at radius 1 is 1.47 bits per heavy atom. The first kappa shape index (κ1) is 10.9. The Hall–Kier alpha value is -2.22. The monoisotopic (exact) mass is 204 g/mol.